The van der Waals surface area contributed by atoms with Crippen LogP contribution in [0, 0.1) is 11.3 Å². The monoisotopic (exact) mass is 344 g/mol. The van der Waals surface area contributed by atoms with Gasteiger partial charge in [0.25, 0.3) is 0 Å². The van der Waals surface area contributed by atoms with Crippen molar-refractivity contribution in [3.8, 4) is 0 Å². The topological polar surface area (TPSA) is 32.8 Å². The lowest BCUT2D eigenvalue weighted by Gasteiger charge is -2.38. The van der Waals surface area contributed by atoms with Crippen LogP contribution in [0.5, 0.6) is 0 Å². The van der Waals surface area contributed by atoms with E-state index in [1.807, 2.05) is 6.07 Å². The molecule has 0 N–H and O–H groups in total. The Morgan fingerprint density at radius 3 is 2.64 bits per heavy atom. The van der Waals surface area contributed by atoms with Crippen molar-refractivity contribution in [1.29, 1.82) is 0 Å². The van der Waals surface area contributed by atoms with Crippen molar-refractivity contribution in [3.05, 3.63) is 35.9 Å². The van der Waals surface area contributed by atoms with Gasteiger partial charge in [0, 0.05) is 39.3 Å². The summed E-state index contributed by atoms with van der Waals surface area (Å²) in [5.74, 6) is 0.910. The van der Waals surface area contributed by atoms with Crippen molar-refractivity contribution in [2.45, 2.75) is 32.1 Å². The highest BCUT2D eigenvalue weighted by Crippen LogP contribution is 2.44. The van der Waals surface area contributed by atoms with Crippen LogP contribution in [0.2, 0.25) is 0 Å². The number of aryl methyl sites for hydroxylation is 1. The second kappa shape index (κ2) is 8.33. The first-order chi connectivity index (χ1) is 12.1. The number of carbonyl (C=O) groups excluding carboxylic acids is 1. The fourth-order valence-electron chi connectivity index (χ4n) is 4.51. The van der Waals surface area contributed by atoms with Gasteiger partial charge in [0.05, 0.1) is 0 Å². The van der Waals surface area contributed by atoms with E-state index in [-0.39, 0.29) is 5.41 Å². The molecule has 2 heterocycles. The summed E-state index contributed by atoms with van der Waals surface area (Å²) in [6.07, 6.45) is 4.78. The van der Waals surface area contributed by atoms with E-state index in [1.165, 1.54) is 5.56 Å². The second-order valence-electron chi connectivity index (χ2n) is 8.05. The van der Waals surface area contributed by atoms with E-state index in [9.17, 15) is 4.79 Å². The van der Waals surface area contributed by atoms with E-state index in [0.717, 1.165) is 58.5 Å². The van der Waals surface area contributed by atoms with Gasteiger partial charge in [-0.3, -0.25) is 4.79 Å². The van der Waals surface area contributed by atoms with E-state index in [0.29, 0.717) is 18.2 Å². The zero-order valence-corrected chi connectivity index (χ0v) is 15.7. The lowest BCUT2D eigenvalue weighted by molar-refractivity contribution is -0.131. The highest BCUT2D eigenvalue weighted by atomic mass is 16.5. The SMILES string of the molecule is CN(C)CC1CN(C(=O)CCCc2ccccc2)CC12CCOCC2. The van der Waals surface area contributed by atoms with Gasteiger partial charge >= 0.3 is 0 Å². The maximum atomic E-state index is 12.8. The molecule has 0 aromatic heterocycles. The third-order valence-corrected chi connectivity index (χ3v) is 5.94. The van der Waals surface area contributed by atoms with E-state index in [1.54, 1.807) is 0 Å². The molecule has 1 amide bonds. The summed E-state index contributed by atoms with van der Waals surface area (Å²) in [6.45, 7) is 4.61. The Labute approximate surface area is 152 Å². The maximum absolute atomic E-state index is 12.8. The third-order valence-electron chi connectivity index (χ3n) is 5.94. The number of ether oxygens (including phenoxy) is 1. The number of amides is 1. The molecule has 4 nitrogen and oxygen atoms in total. The Morgan fingerprint density at radius 2 is 1.96 bits per heavy atom. The van der Waals surface area contributed by atoms with E-state index >= 15 is 0 Å². The van der Waals surface area contributed by atoms with Crippen LogP contribution in [-0.4, -0.2) is 62.7 Å². The summed E-state index contributed by atoms with van der Waals surface area (Å²) in [4.78, 5) is 17.2. The minimum atomic E-state index is 0.275. The van der Waals surface area contributed by atoms with Gasteiger partial charge in [-0.05, 0) is 56.7 Å². The number of hydrogen-bond donors (Lipinski definition) is 0. The van der Waals surface area contributed by atoms with Gasteiger partial charge in [-0.2, -0.15) is 0 Å². The van der Waals surface area contributed by atoms with E-state index in [2.05, 4.69) is 48.2 Å². The summed E-state index contributed by atoms with van der Waals surface area (Å²) in [6, 6.07) is 10.5. The molecule has 2 saturated heterocycles. The number of rotatable bonds is 6. The fraction of sp³-hybridized carbons (Fsp3) is 0.667. The Kier molecular flexibility index (Phi) is 6.13. The molecule has 0 radical (unpaired) electrons. The molecule has 1 unspecified atom stereocenters. The molecule has 1 atom stereocenters. The molecular formula is C21H32N2O2. The van der Waals surface area contributed by atoms with Crippen LogP contribution in [0.15, 0.2) is 30.3 Å². The first-order valence-electron chi connectivity index (χ1n) is 9.63. The van der Waals surface area contributed by atoms with Gasteiger partial charge < -0.3 is 14.5 Å². The first kappa shape index (κ1) is 18.4. The fourth-order valence-corrected chi connectivity index (χ4v) is 4.51. The molecule has 138 valence electrons. The molecular weight excluding hydrogens is 312 g/mol. The van der Waals surface area contributed by atoms with Gasteiger partial charge in [-0.1, -0.05) is 30.3 Å². The van der Waals surface area contributed by atoms with E-state index < -0.39 is 0 Å². The number of nitrogens with zero attached hydrogens (tertiary/aromatic N) is 2. The largest absolute Gasteiger partial charge is 0.381 e. The Morgan fingerprint density at radius 1 is 1.24 bits per heavy atom. The summed E-state index contributed by atoms with van der Waals surface area (Å²) < 4.78 is 5.60. The van der Waals surface area contributed by atoms with Crippen molar-refractivity contribution in [1.82, 2.24) is 9.80 Å². The van der Waals surface area contributed by atoms with Crippen LogP contribution in [0.3, 0.4) is 0 Å². The molecule has 3 rings (SSSR count). The molecule has 1 aromatic carbocycles. The van der Waals surface area contributed by atoms with Gasteiger partial charge in [0.2, 0.25) is 5.91 Å². The van der Waals surface area contributed by atoms with Crippen LogP contribution in [-0.2, 0) is 16.0 Å². The average molecular weight is 344 g/mol. The van der Waals surface area contributed by atoms with Gasteiger partial charge in [0.15, 0.2) is 0 Å². The molecule has 2 aliphatic heterocycles. The molecule has 2 fully saturated rings. The highest BCUT2D eigenvalue weighted by Gasteiger charge is 2.48. The maximum Gasteiger partial charge on any atom is 0.222 e. The lowest BCUT2D eigenvalue weighted by Crippen LogP contribution is -2.40. The summed E-state index contributed by atoms with van der Waals surface area (Å²) in [7, 11) is 4.27. The van der Waals surface area contributed by atoms with E-state index in [4.69, 9.17) is 4.74 Å². The average Bonchev–Trinajstić information content (AvgIpc) is 2.94. The predicted molar refractivity (Wildman–Crippen MR) is 100 cm³/mol. The van der Waals surface area contributed by atoms with Crippen molar-refractivity contribution in [2.75, 3.05) is 46.9 Å². The van der Waals surface area contributed by atoms with Crippen molar-refractivity contribution in [2.24, 2.45) is 11.3 Å². The van der Waals surface area contributed by atoms with Gasteiger partial charge in [-0.25, -0.2) is 0 Å². The quantitative estimate of drug-likeness (QED) is 0.795. The minimum Gasteiger partial charge on any atom is -0.381 e. The van der Waals surface area contributed by atoms with Crippen LogP contribution in [0.1, 0.15) is 31.2 Å². The number of likely N-dealkylation sites (tertiary alicyclic amines) is 1. The zero-order chi connectivity index (χ0) is 17.7. The second-order valence-corrected chi connectivity index (χ2v) is 8.05. The van der Waals surface area contributed by atoms with Crippen molar-refractivity contribution < 1.29 is 9.53 Å². The Bertz CT molecular complexity index is 552. The molecule has 1 spiro atoms. The summed E-state index contributed by atoms with van der Waals surface area (Å²) in [5.41, 5.74) is 1.60. The normalized spacial score (nSPS) is 22.7. The van der Waals surface area contributed by atoms with Crippen molar-refractivity contribution >= 4 is 5.91 Å². The standard InChI is InChI=1S/C21H32N2O2/c1-22(2)15-19-16-23(17-21(19)11-13-25-14-12-21)20(24)10-6-9-18-7-4-3-5-8-18/h3-5,7-8,19H,6,9-17H2,1-2H3. The molecule has 2 aliphatic rings. The summed E-state index contributed by atoms with van der Waals surface area (Å²) >= 11 is 0. The number of carbonyl (C=O) groups is 1. The zero-order valence-electron chi connectivity index (χ0n) is 15.7. The minimum absolute atomic E-state index is 0.275. The Hall–Kier alpha value is -1.39. The van der Waals surface area contributed by atoms with Gasteiger partial charge in [0.1, 0.15) is 0 Å². The van der Waals surface area contributed by atoms with Crippen LogP contribution in [0.4, 0.5) is 0 Å². The summed E-state index contributed by atoms with van der Waals surface area (Å²) in [5, 5.41) is 0. The highest BCUT2D eigenvalue weighted by molar-refractivity contribution is 5.76. The Balaban J connectivity index is 1.55. The molecule has 0 aliphatic carbocycles. The lowest BCUT2D eigenvalue weighted by atomic mass is 9.72. The number of benzene rings is 1. The molecule has 0 bridgehead atoms. The van der Waals surface area contributed by atoms with Crippen molar-refractivity contribution in [3.63, 3.8) is 0 Å². The van der Waals surface area contributed by atoms with Crippen LogP contribution in [0.25, 0.3) is 0 Å². The third kappa shape index (κ3) is 4.62. The molecule has 4 heteroatoms. The smallest absolute Gasteiger partial charge is 0.222 e. The first-order valence-corrected chi connectivity index (χ1v) is 9.63. The van der Waals surface area contributed by atoms with Crippen LogP contribution >= 0.6 is 0 Å². The van der Waals surface area contributed by atoms with Crippen LogP contribution < -0.4 is 0 Å². The molecule has 0 saturated carbocycles. The predicted octanol–water partition coefficient (Wildman–Crippen LogP) is 2.83. The molecule has 1 aromatic rings. The van der Waals surface area contributed by atoms with Gasteiger partial charge in [-0.15, -0.1) is 0 Å². The number of hydrogen-bond acceptors (Lipinski definition) is 3. The molecule has 25 heavy (non-hydrogen) atoms.